The number of likely N-dealkylation sites (N-methyl/N-ethyl adjacent to an activating group) is 1. The Morgan fingerprint density at radius 1 is 1.32 bits per heavy atom. The molecule has 0 bridgehead atoms. The van der Waals surface area contributed by atoms with Gasteiger partial charge in [0.05, 0.1) is 0 Å². The maximum absolute atomic E-state index is 12.1. The molecule has 2 fully saturated rings. The lowest BCUT2D eigenvalue weighted by Gasteiger charge is -2.45. The smallest absolute Gasteiger partial charge is 0.322 e. The minimum Gasteiger partial charge on any atom is -0.323 e. The number of urea groups is 1. The van der Waals surface area contributed by atoms with E-state index < -0.39 is 5.54 Å². The monoisotopic (exact) mass is 303 g/mol. The van der Waals surface area contributed by atoms with Gasteiger partial charge in [-0.25, -0.2) is 4.79 Å². The molecule has 1 aliphatic carbocycles. The van der Waals surface area contributed by atoms with Crippen LogP contribution in [0.25, 0.3) is 0 Å². The van der Waals surface area contributed by atoms with E-state index >= 15 is 0 Å². The fraction of sp³-hybridized carbons (Fsp3) is 0.529. The number of hydrogen-bond donors (Lipinski definition) is 3. The highest BCUT2D eigenvalue weighted by molar-refractivity contribution is 6.07. The Morgan fingerprint density at radius 2 is 2.00 bits per heavy atom. The van der Waals surface area contributed by atoms with Crippen molar-refractivity contribution in [3.8, 4) is 0 Å². The predicted octanol–water partition coefficient (Wildman–Crippen LogP) is 2.18. The number of imide groups is 1. The molecule has 0 radical (unpaired) electrons. The molecule has 5 heteroatoms. The van der Waals surface area contributed by atoms with Gasteiger partial charge >= 0.3 is 6.03 Å². The number of rotatable bonds is 5. The van der Waals surface area contributed by atoms with Crippen LogP contribution in [-0.2, 0) is 4.79 Å². The van der Waals surface area contributed by atoms with Crippen LogP contribution in [0.4, 0.5) is 4.79 Å². The van der Waals surface area contributed by atoms with Gasteiger partial charge in [-0.3, -0.25) is 10.1 Å². The summed E-state index contributed by atoms with van der Waals surface area (Å²) in [7, 11) is 0. The molecule has 0 aromatic rings. The molecule has 0 atom stereocenters. The number of allylic oxidation sites excluding steroid dienone is 3. The lowest BCUT2D eigenvalue weighted by Crippen LogP contribution is -2.58. The van der Waals surface area contributed by atoms with Crippen molar-refractivity contribution in [2.24, 2.45) is 0 Å². The van der Waals surface area contributed by atoms with Gasteiger partial charge in [-0.1, -0.05) is 37.8 Å². The van der Waals surface area contributed by atoms with Crippen molar-refractivity contribution in [3.05, 3.63) is 36.5 Å². The first-order chi connectivity index (χ1) is 10.5. The summed E-state index contributed by atoms with van der Waals surface area (Å²) in [6.07, 6.45) is 10.7. The van der Waals surface area contributed by atoms with E-state index in [9.17, 15) is 9.59 Å². The topological polar surface area (TPSA) is 70.2 Å². The average Bonchev–Trinajstić information content (AvgIpc) is 2.77. The summed E-state index contributed by atoms with van der Waals surface area (Å²) in [5, 5.41) is 8.77. The Bertz CT molecular complexity index is 526. The van der Waals surface area contributed by atoms with E-state index in [1.54, 1.807) is 6.08 Å². The average molecular weight is 303 g/mol. The quantitative estimate of drug-likeness (QED) is 0.538. The first-order valence-electron chi connectivity index (χ1n) is 7.86. The van der Waals surface area contributed by atoms with E-state index in [0.29, 0.717) is 12.8 Å². The molecular weight excluding hydrogens is 278 g/mol. The fourth-order valence-corrected chi connectivity index (χ4v) is 3.59. The number of carbonyl (C=O) groups excluding carboxylic acids is 2. The third kappa shape index (κ3) is 2.86. The van der Waals surface area contributed by atoms with Crippen LogP contribution >= 0.6 is 0 Å². The molecule has 1 saturated heterocycles. The van der Waals surface area contributed by atoms with Crippen LogP contribution in [0.2, 0.25) is 0 Å². The summed E-state index contributed by atoms with van der Waals surface area (Å²) in [5.74, 6) is -0.189. The van der Waals surface area contributed by atoms with Crippen LogP contribution in [0.1, 0.15) is 39.5 Å². The highest BCUT2D eigenvalue weighted by Gasteiger charge is 2.51. The minimum atomic E-state index is -0.725. The van der Waals surface area contributed by atoms with Gasteiger partial charge in [-0.15, -0.1) is 0 Å². The number of nitrogens with one attached hydrogen (secondary N) is 3. The molecule has 5 nitrogen and oxygen atoms in total. The molecule has 0 unspecified atom stereocenters. The van der Waals surface area contributed by atoms with Gasteiger partial charge < -0.3 is 10.6 Å². The molecule has 3 N–H and O–H groups in total. The summed E-state index contributed by atoms with van der Waals surface area (Å²) in [5.41, 5.74) is 0.326. The fourth-order valence-electron chi connectivity index (χ4n) is 3.59. The molecule has 120 valence electrons. The second-order valence-corrected chi connectivity index (χ2v) is 5.94. The molecule has 0 aromatic heterocycles. The van der Waals surface area contributed by atoms with Gasteiger partial charge in [0.25, 0.3) is 5.91 Å². The molecular formula is C17H25N3O2. The van der Waals surface area contributed by atoms with E-state index in [1.165, 1.54) is 5.57 Å². The molecule has 1 saturated carbocycles. The summed E-state index contributed by atoms with van der Waals surface area (Å²) in [6, 6.07) is -0.376. The van der Waals surface area contributed by atoms with Crippen molar-refractivity contribution in [2.75, 3.05) is 6.54 Å². The van der Waals surface area contributed by atoms with Gasteiger partial charge in [-0.2, -0.15) is 0 Å². The third-order valence-corrected chi connectivity index (χ3v) is 4.76. The Morgan fingerprint density at radius 3 is 2.45 bits per heavy atom. The number of hydrogen-bond acceptors (Lipinski definition) is 3. The SMILES string of the molecule is C=C/C=C\C(=C/C)[C@]1(NCC)CC[C@]2(CC1)NC(=O)NC2=O. The van der Waals surface area contributed by atoms with E-state index in [4.69, 9.17) is 0 Å². The second kappa shape index (κ2) is 6.48. The zero-order valence-electron chi connectivity index (χ0n) is 13.4. The van der Waals surface area contributed by atoms with E-state index in [-0.39, 0.29) is 17.5 Å². The third-order valence-electron chi connectivity index (χ3n) is 4.76. The highest BCUT2D eigenvalue weighted by Crippen LogP contribution is 2.40. The molecule has 1 heterocycles. The molecule has 1 aliphatic heterocycles. The number of carbonyl (C=O) groups is 2. The van der Waals surface area contributed by atoms with Crippen LogP contribution in [-0.4, -0.2) is 29.6 Å². The van der Waals surface area contributed by atoms with Crippen LogP contribution in [0.3, 0.4) is 0 Å². The maximum atomic E-state index is 12.1. The molecule has 3 amide bonds. The van der Waals surface area contributed by atoms with Crippen molar-refractivity contribution in [1.29, 1.82) is 0 Å². The van der Waals surface area contributed by atoms with Gasteiger partial charge in [0.1, 0.15) is 5.54 Å². The van der Waals surface area contributed by atoms with E-state index in [2.05, 4.69) is 41.6 Å². The van der Waals surface area contributed by atoms with Crippen LogP contribution in [0, 0.1) is 0 Å². The van der Waals surface area contributed by atoms with Crippen molar-refractivity contribution in [1.82, 2.24) is 16.0 Å². The summed E-state index contributed by atoms with van der Waals surface area (Å²) < 4.78 is 0. The summed E-state index contributed by atoms with van der Waals surface area (Å²) in [6.45, 7) is 8.68. The van der Waals surface area contributed by atoms with E-state index in [1.807, 2.05) is 13.0 Å². The normalized spacial score (nSPS) is 32.4. The standard InChI is InChI=1S/C17H25N3O2/c1-4-7-8-13(5-2)16(18-6-3)9-11-17(12-10-16)14(21)19-15(22)20-17/h4-5,7-8,18H,1,6,9-12H2,2-3H3,(H2,19,20,21,22)/b8-7-,13-5+/t16-,17+. The van der Waals surface area contributed by atoms with E-state index in [0.717, 1.165) is 19.4 Å². The van der Waals surface area contributed by atoms with Crippen molar-refractivity contribution < 1.29 is 9.59 Å². The van der Waals surface area contributed by atoms with Gasteiger partial charge in [0.2, 0.25) is 0 Å². The number of amides is 3. The Labute approximate surface area is 131 Å². The molecule has 22 heavy (non-hydrogen) atoms. The first-order valence-corrected chi connectivity index (χ1v) is 7.86. The minimum absolute atomic E-state index is 0.151. The molecule has 0 aromatic carbocycles. The lowest BCUT2D eigenvalue weighted by molar-refractivity contribution is -0.125. The van der Waals surface area contributed by atoms with Crippen molar-refractivity contribution in [3.63, 3.8) is 0 Å². The molecule has 2 aliphatic rings. The Hall–Kier alpha value is -1.88. The van der Waals surface area contributed by atoms with Crippen molar-refractivity contribution >= 4 is 11.9 Å². The maximum Gasteiger partial charge on any atom is 0.322 e. The summed E-state index contributed by atoms with van der Waals surface area (Å²) >= 11 is 0. The second-order valence-electron chi connectivity index (χ2n) is 5.94. The van der Waals surface area contributed by atoms with Gasteiger partial charge in [0.15, 0.2) is 0 Å². The predicted molar refractivity (Wildman–Crippen MR) is 87.4 cm³/mol. The Balaban J connectivity index is 2.22. The lowest BCUT2D eigenvalue weighted by atomic mass is 9.68. The zero-order chi connectivity index (χ0) is 16.2. The first kappa shape index (κ1) is 16.5. The van der Waals surface area contributed by atoms with Crippen molar-refractivity contribution in [2.45, 2.75) is 50.6 Å². The largest absolute Gasteiger partial charge is 0.323 e. The van der Waals surface area contributed by atoms with Crippen LogP contribution in [0.15, 0.2) is 36.5 Å². The van der Waals surface area contributed by atoms with Gasteiger partial charge in [0, 0.05) is 5.54 Å². The zero-order valence-corrected chi connectivity index (χ0v) is 13.4. The molecule has 2 rings (SSSR count). The van der Waals surface area contributed by atoms with Crippen LogP contribution in [0.5, 0.6) is 0 Å². The summed E-state index contributed by atoms with van der Waals surface area (Å²) in [4.78, 5) is 23.5. The highest BCUT2D eigenvalue weighted by atomic mass is 16.2. The molecule has 1 spiro atoms. The van der Waals surface area contributed by atoms with Crippen LogP contribution < -0.4 is 16.0 Å². The Kier molecular flexibility index (Phi) is 4.86. The van der Waals surface area contributed by atoms with Gasteiger partial charge in [-0.05, 0) is 44.7 Å².